The Morgan fingerprint density at radius 3 is 2.84 bits per heavy atom. The highest BCUT2D eigenvalue weighted by Crippen LogP contribution is 2.38. The van der Waals surface area contributed by atoms with Crippen molar-refractivity contribution < 1.29 is 28.5 Å². The number of methoxy groups -OCH3 is 1. The molecule has 1 amide bonds. The van der Waals surface area contributed by atoms with Crippen molar-refractivity contribution in [3.63, 3.8) is 0 Å². The molecule has 0 aromatic heterocycles. The first-order valence-electron chi connectivity index (χ1n) is 9.81. The first-order chi connectivity index (χ1) is 15.1. The van der Waals surface area contributed by atoms with Gasteiger partial charge in [-0.3, -0.25) is 4.79 Å². The summed E-state index contributed by atoms with van der Waals surface area (Å²) in [7, 11) is 1.57. The van der Waals surface area contributed by atoms with Gasteiger partial charge in [0.15, 0.2) is 11.5 Å². The van der Waals surface area contributed by atoms with Gasteiger partial charge in [0, 0.05) is 25.0 Å². The molecule has 2 aromatic carbocycles. The molecule has 3 rings (SSSR count). The highest BCUT2D eigenvalue weighted by molar-refractivity contribution is 8.00. The third-order valence-electron chi connectivity index (χ3n) is 4.33. The van der Waals surface area contributed by atoms with Crippen LogP contribution < -0.4 is 14.8 Å². The Bertz CT molecular complexity index is 923. The number of nitrogens with one attached hydrogen (secondary N) is 1. The molecular formula is C22H24ClNO6S. The second-order valence-electron chi connectivity index (χ2n) is 6.66. The van der Waals surface area contributed by atoms with Crippen molar-refractivity contribution in [2.24, 2.45) is 0 Å². The van der Waals surface area contributed by atoms with Crippen molar-refractivity contribution in [1.29, 1.82) is 0 Å². The van der Waals surface area contributed by atoms with Gasteiger partial charge in [-0.1, -0.05) is 23.7 Å². The Hall–Kier alpha value is -2.42. The smallest absolute Gasteiger partial charge is 0.339 e. The third-order valence-corrected chi connectivity index (χ3v) is 5.68. The van der Waals surface area contributed by atoms with Gasteiger partial charge in [0.25, 0.3) is 0 Å². The van der Waals surface area contributed by atoms with Gasteiger partial charge in [-0.05, 0) is 29.8 Å². The lowest BCUT2D eigenvalue weighted by molar-refractivity contribution is -0.118. The average Bonchev–Trinajstić information content (AvgIpc) is 3.02. The minimum absolute atomic E-state index is 0.0334. The molecule has 0 saturated heterocycles. The lowest BCUT2D eigenvalue weighted by Crippen LogP contribution is -2.28. The first kappa shape index (κ1) is 23.2. The summed E-state index contributed by atoms with van der Waals surface area (Å²) in [4.78, 5) is 25.3. The van der Waals surface area contributed by atoms with Crippen molar-refractivity contribution in [1.82, 2.24) is 5.32 Å². The minimum Gasteiger partial charge on any atom is -0.489 e. The Morgan fingerprint density at radius 1 is 1.19 bits per heavy atom. The molecule has 0 spiro atoms. The molecule has 0 radical (unpaired) electrons. The summed E-state index contributed by atoms with van der Waals surface area (Å²) < 4.78 is 21.7. The van der Waals surface area contributed by atoms with Crippen molar-refractivity contribution >= 4 is 35.2 Å². The molecule has 166 valence electrons. The van der Waals surface area contributed by atoms with Gasteiger partial charge >= 0.3 is 5.97 Å². The zero-order valence-corrected chi connectivity index (χ0v) is 18.7. The van der Waals surface area contributed by atoms with E-state index >= 15 is 0 Å². The predicted octanol–water partition coefficient (Wildman–Crippen LogP) is 3.71. The summed E-state index contributed by atoms with van der Waals surface area (Å²) in [5, 5.41) is 3.17. The number of halogens is 1. The molecule has 0 fully saturated rings. The second-order valence-corrected chi connectivity index (χ2v) is 8.08. The summed E-state index contributed by atoms with van der Waals surface area (Å²) in [6.45, 7) is 2.00. The van der Waals surface area contributed by atoms with Gasteiger partial charge < -0.3 is 24.3 Å². The third kappa shape index (κ3) is 6.78. The summed E-state index contributed by atoms with van der Waals surface area (Å²) >= 11 is 7.57. The number of amides is 1. The Labute approximate surface area is 190 Å². The molecule has 1 aliphatic heterocycles. The van der Waals surface area contributed by atoms with Gasteiger partial charge in [0.05, 0.1) is 36.2 Å². The normalized spacial score (nSPS) is 12.7. The molecule has 0 bridgehead atoms. The van der Waals surface area contributed by atoms with Gasteiger partial charge in [-0.25, -0.2) is 4.79 Å². The van der Waals surface area contributed by atoms with Gasteiger partial charge in [-0.2, -0.15) is 0 Å². The molecule has 1 N–H and O–H groups in total. The van der Waals surface area contributed by atoms with Crippen LogP contribution in [0.25, 0.3) is 0 Å². The maximum Gasteiger partial charge on any atom is 0.339 e. The number of esters is 1. The number of thioether (sulfide) groups is 1. The number of carbonyl (C=O) groups excluding carboxylic acids is 2. The number of hydrogen-bond donors (Lipinski definition) is 1. The number of carbonyl (C=O) groups is 2. The molecule has 0 saturated carbocycles. The molecule has 0 aliphatic carbocycles. The van der Waals surface area contributed by atoms with Crippen LogP contribution in [0.2, 0.25) is 5.02 Å². The summed E-state index contributed by atoms with van der Waals surface area (Å²) in [6.07, 6.45) is 0.772. The van der Waals surface area contributed by atoms with E-state index in [2.05, 4.69) is 5.32 Å². The fourth-order valence-corrected chi connectivity index (χ4v) is 4.00. The molecule has 2 aromatic rings. The van der Waals surface area contributed by atoms with E-state index < -0.39 is 5.97 Å². The van der Waals surface area contributed by atoms with Crippen molar-refractivity contribution in [3.05, 3.63) is 52.5 Å². The van der Waals surface area contributed by atoms with E-state index in [9.17, 15) is 9.59 Å². The molecule has 0 unspecified atom stereocenters. The van der Waals surface area contributed by atoms with E-state index in [1.807, 2.05) is 6.07 Å². The number of fused-ring (bicyclic) bond motifs is 1. The van der Waals surface area contributed by atoms with Crippen molar-refractivity contribution in [2.45, 2.75) is 17.9 Å². The number of benzene rings is 2. The SMILES string of the molecule is COCCNC(=O)CSc1ccccc1C(=O)OCc1cc(Cl)c2c(c1)OCCCO2. The van der Waals surface area contributed by atoms with Crippen LogP contribution >= 0.6 is 23.4 Å². The quantitative estimate of drug-likeness (QED) is 0.343. The fraction of sp³-hybridized carbons (Fsp3) is 0.364. The second kappa shape index (κ2) is 11.8. The molecule has 7 nitrogen and oxygen atoms in total. The standard InChI is InChI=1S/C22H24ClNO6S/c1-27-10-7-24-20(25)14-31-19-6-3-2-5-16(19)22(26)30-13-15-11-17(23)21-18(12-15)28-8-4-9-29-21/h2-3,5-6,11-12H,4,7-10,13-14H2,1H3,(H,24,25). The molecule has 9 heteroatoms. The maximum absolute atomic E-state index is 12.7. The van der Waals surface area contributed by atoms with Gasteiger partial charge in [0.2, 0.25) is 5.91 Å². The first-order valence-corrected chi connectivity index (χ1v) is 11.2. The summed E-state index contributed by atoms with van der Waals surface area (Å²) in [5.74, 6) is 0.635. The van der Waals surface area contributed by atoms with Crippen LogP contribution in [0.5, 0.6) is 11.5 Å². The number of rotatable bonds is 9. The minimum atomic E-state index is -0.480. The Kier molecular flexibility index (Phi) is 8.87. The highest BCUT2D eigenvalue weighted by Gasteiger charge is 2.18. The average molecular weight is 466 g/mol. The van der Waals surface area contributed by atoms with E-state index in [1.54, 1.807) is 37.4 Å². The topological polar surface area (TPSA) is 83.1 Å². The lowest BCUT2D eigenvalue weighted by atomic mass is 10.2. The predicted molar refractivity (Wildman–Crippen MR) is 118 cm³/mol. The van der Waals surface area contributed by atoms with E-state index in [-0.39, 0.29) is 18.3 Å². The van der Waals surface area contributed by atoms with Crippen molar-refractivity contribution in [3.8, 4) is 11.5 Å². The zero-order chi connectivity index (χ0) is 22.1. The number of hydrogen-bond acceptors (Lipinski definition) is 7. The molecule has 1 aliphatic rings. The number of ether oxygens (including phenoxy) is 4. The van der Waals surface area contributed by atoms with E-state index in [0.29, 0.717) is 58.9 Å². The fourth-order valence-electron chi connectivity index (χ4n) is 2.84. The van der Waals surface area contributed by atoms with Crippen LogP contribution in [-0.2, 0) is 20.9 Å². The van der Waals surface area contributed by atoms with Crippen LogP contribution in [0.3, 0.4) is 0 Å². The van der Waals surface area contributed by atoms with Crippen LogP contribution in [0.1, 0.15) is 22.3 Å². The van der Waals surface area contributed by atoms with Crippen LogP contribution in [-0.4, -0.2) is 51.1 Å². The molecule has 31 heavy (non-hydrogen) atoms. The lowest BCUT2D eigenvalue weighted by Gasteiger charge is -2.13. The Balaban J connectivity index is 1.60. The van der Waals surface area contributed by atoms with Gasteiger partial charge in [0.1, 0.15) is 6.61 Å². The molecule has 1 heterocycles. The molecular weight excluding hydrogens is 442 g/mol. The van der Waals surface area contributed by atoms with Crippen molar-refractivity contribution in [2.75, 3.05) is 39.2 Å². The van der Waals surface area contributed by atoms with Gasteiger partial charge in [-0.15, -0.1) is 11.8 Å². The van der Waals surface area contributed by atoms with E-state index in [1.165, 1.54) is 11.8 Å². The monoisotopic (exact) mass is 465 g/mol. The summed E-state index contributed by atoms with van der Waals surface area (Å²) in [5.41, 5.74) is 1.10. The van der Waals surface area contributed by atoms with Crippen LogP contribution in [0.4, 0.5) is 0 Å². The zero-order valence-electron chi connectivity index (χ0n) is 17.1. The molecule has 0 atom stereocenters. The van der Waals surface area contributed by atoms with E-state index in [0.717, 1.165) is 6.42 Å². The maximum atomic E-state index is 12.7. The summed E-state index contributed by atoms with van der Waals surface area (Å²) in [6, 6.07) is 10.5. The Morgan fingerprint density at radius 2 is 2.00 bits per heavy atom. The highest BCUT2D eigenvalue weighted by atomic mass is 35.5. The largest absolute Gasteiger partial charge is 0.489 e. The van der Waals surface area contributed by atoms with Crippen LogP contribution in [0.15, 0.2) is 41.3 Å². The van der Waals surface area contributed by atoms with E-state index in [4.69, 9.17) is 30.5 Å². The van der Waals surface area contributed by atoms with Crippen LogP contribution in [0, 0.1) is 0 Å².